The first-order valence-corrected chi connectivity index (χ1v) is 28.6. The summed E-state index contributed by atoms with van der Waals surface area (Å²) >= 11 is 0. The summed E-state index contributed by atoms with van der Waals surface area (Å²) in [6, 6.07) is 0. The maximum Gasteiger partial charge on any atom is 0.306 e. The van der Waals surface area contributed by atoms with Crippen LogP contribution in [0.2, 0.25) is 0 Å². The summed E-state index contributed by atoms with van der Waals surface area (Å²) in [7, 11) is 0. The summed E-state index contributed by atoms with van der Waals surface area (Å²) < 4.78 is 16.8. The Labute approximate surface area is 409 Å². The number of rotatable bonds is 52. The first kappa shape index (κ1) is 63.4. The van der Waals surface area contributed by atoms with Crippen LogP contribution in [0.15, 0.2) is 48.6 Å². The quantitative estimate of drug-likeness (QED) is 0.0262. The van der Waals surface area contributed by atoms with Crippen molar-refractivity contribution in [1.29, 1.82) is 0 Å². The van der Waals surface area contributed by atoms with Gasteiger partial charge in [0.05, 0.1) is 0 Å². The smallest absolute Gasteiger partial charge is 0.306 e. The van der Waals surface area contributed by atoms with Crippen molar-refractivity contribution in [3.8, 4) is 0 Å². The number of esters is 3. The van der Waals surface area contributed by atoms with E-state index in [4.69, 9.17) is 14.2 Å². The lowest BCUT2D eigenvalue weighted by Crippen LogP contribution is -2.30. The monoisotopic (exact) mass is 925 g/mol. The van der Waals surface area contributed by atoms with Crippen molar-refractivity contribution < 1.29 is 28.6 Å². The van der Waals surface area contributed by atoms with Gasteiger partial charge in [0, 0.05) is 19.3 Å². The summed E-state index contributed by atoms with van der Waals surface area (Å²) in [6.07, 6.45) is 66.7. The molecule has 0 heterocycles. The molecule has 0 aliphatic rings. The Kier molecular flexibility index (Phi) is 52.8. The van der Waals surface area contributed by atoms with Crippen molar-refractivity contribution in [2.45, 2.75) is 303 Å². The largest absolute Gasteiger partial charge is 0.462 e. The van der Waals surface area contributed by atoms with E-state index in [1.54, 1.807) is 0 Å². The van der Waals surface area contributed by atoms with Gasteiger partial charge in [0.15, 0.2) is 6.10 Å². The van der Waals surface area contributed by atoms with Gasteiger partial charge in [0.2, 0.25) is 0 Å². The number of hydrogen-bond donors (Lipinski definition) is 0. The van der Waals surface area contributed by atoms with E-state index in [1.807, 2.05) is 0 Å². The van der Waals surface area contributed by atoms with Gasteiger partial charge in [-0.2, -0.15) is 0 Å². The number of carbonyl (C=O) groups excluding carboxylic acids is 3. The van der Waals surface area contributed by atoms with Crippen LogP contribution in [0.5, 0.6) is 0 Å². The summed E-state index contributed by atoms with van der Waals surface area (Å²) in [5, 5.41) is 0. The van der Waals surface area contributed by atoms with Crippen LogP contribution in [-0.4, -0.2) is 37.2 Å². The van der Waals surface area contributed by atoms with Gasteiger partial charge in [0.25, 0.3) is 0 Å². The average Bonchev–Trinajstić information content (AvgIpc) is 3.31. The third-order valence-corrected chi connectivity index (χ3v) is 12.5. The van der Waals surface area contributed by atoms with E-state index in [1.165, 1.54) is 186 Å². The minimum atomic E-state index is -0.779. The zero-order valence-electron chi connectivity index (χ0n) is 44.0. The number of allylic oxidation sites excluding steroid dienone is 8. The summed E-state index contributed by atoms with van der Waals surface area (Å²) in [6.45, 7) is 6.59. The molecule has 0 saturated heterocycles. The second-order valence-electron chi connectivity index (χ2n) is 19.2. The lowest BCUT2D eigenvalue weighted by molar-refractivity contribution is -0.167. The Morgan fingerprint density at radius 1 is 0.303 bits per heavy atom. The highest BCUT2D eigenvalue weighted by Crippen LogP contribution is 2.15. The van der Waals surface area contributed by atoms with E-state index in [0.717, 1.165) is 70.6 Å². The molecule has 0 aliphatic heterocycles. The number of unbranched alkanes of at least 4 members (excludes halogenated alkanes) is 33. The van der Waals surface area contributed by atoms with Gasteiger partial charge in [-0.3, -0.25) is 14.4 Å². The van der Waals surface area contributed by atoms with Crippen molar-refractivity contribution in [2.24, 2.45) is 0 Å². The minimum Gasteiger partial charge on any atom is -0.462 e. The summed E-state index contributed by atoms with van der Waals surface area (Å²) in [4.78, 5) is 38.1. The molecule has 0 spiro atoms. The highest BCUT2D eigenvalue weighted by Gasteiger charge is 2.19. The van der Waals surface area contributed by atoms with Crippen LogP contribution in [0.4, 0.5) is 0 Å². The third kappa shape index (κ3) is 52.3. The molecule has 6 nitrogen and oxygen atoms in total. The van der Waals surface area contributed by atoms with E-state index >= 15 is 0 Å². The lowest BCUT2D eigenvalue weighted by atomic mass is 10.1. The molecule has 0 aromatic carbocycles. The fourth-order valence-electron chi connectivity index (χ4n) is 8.15. The van der Waals surface area contributed by atoms with E-state index in [-0.39, 0.29) is 31.1 Å². The summed E-state index contributed by atoms with van der Waals surface area (Å²) in [5.41, 5.74) is 0. The van der Waals surface area contributed by atoms with E-state index < -0.39 is 6.10 Å². The van der Waals surface area contributed by atoms with Gasteiger partial charge in [-0.15, -0.1) is 0 Å². The molecule has 384 valence electrons. The molecule has 0 amide bonds. The lowest BCUT2D eigenvalue weighted by Gasteiger charge is -2.18. The van der Waals surface area contributed by atoms with Gasteiger partial charge in [-0.05, 0) is 96.3 Å². The van der Waals surface area contributed by atoms with Gasteiger partial charge in [-0.1, -0.05) is 230 Å². The molecule has 6 heteroatoms. The van der Waals surface area contributed by atoms with Crippen LogP contribution in [0.1, 0.15) is 297 Å². The molecule has 0 N–H and O–H groups in total. The molecular formula is C60H108O6. The first-order chi connectivity index (χ1) is 32.5. The molecule has 0 saturated carbocycles. The maximum atomic E-state index is 12.8. The van der Waals surface area contributed by atoms with Crippen molar-refractivity contribution >= 4 is 17.9 Å². The molecule has 0 aliphatic carbocycles. The molecule has 0 bridgehead atoms. The van der Waals surface area contributed by atoms with Crippen LogP contribution in [-0.2, 0) is 28.6 Å². The molecule has 0 aromatic rings. The summed E-state index contributed by atoms with van der Waals surface area (Å²) in [5.74, 6) is -0.885. The molecule has 0 fully saturated rings. The fourth-order valence-corrected chi connectivity index (χ4v) is 8.15. The second kappa shape index (κ2) is 55.0. The molecule has 66 heavy (non-hydrogen) atoms. The van der Waals surface area contributed by atoms with Crippen molar-refractivity contribution in [3.63, 3.8) is 0 Å². The van der Waals surface area contributed by atoms with Crippen LogP contribution in [0, 0.1) is 0 Å². The van der Waals surface area contributed by atoms with E-state index in [9.17, 15) is 14.4 Å². The molecule has 1 atom stereocenters. The number of ether oxygens (including phenoxy) is 3. The Bertz CT molecular complexity index is 1150. The van der Waals surface area contributed by atoms with Crippen LogP contribution in [0.3, 0.4) is 0 Å². The van der Waals surface area contributed by atoms with Crippen LogP contribution >= 0.6 is 0 Å². The normalized spacial score (nSPS) is 12.3. The van der Waals surface area contributed by atoms with Gasteiger partial charge < -0.3 is 14.2 Å². The number of carbonyl (C=O) groups is 3. The van der Waals surface area contributed by atoms with Gasteiger partial charge >= 0.3 is 17.9 Å². The van der Waals surface area contributed by atoms with Crippen LogP contribution in [0.25, 0.3) is 0 Å². The van der Waals surface area contributed by atoms with Crippen molar-refractivity contribution in [1.82, 2.24) is 0 Å². The highest BCUT2D eigenvalue weighted by molar-refractivity contribution is 5.71. The first-order valence-electron chi connectivity index (χ1n) is 28.6. The van der Waals surface area contributed by atoms with Gasteiger partial charge in [0.1, 0.15) is 13.2 Å². The van der Waals surface area contributed by atoms with E-state index in [2.05, 4.69) is 69.4 Å². The Morgan fingerprint density at radius 3 is 0.924 bits per heavy atom. The molecule has 1 unspecified atom stereocenters. The van der Waals surface area contributed by atoms with Crippen molar-refractivity contribution in [2.75, 3.05) is 13.2 Å². The standard InChI is InChI=1S/C60H108O6/c1-4-7-10-13-16-19-22-24-26-28-30-32-33-35-38-41-44-47-50-53-59(62)65-56-57(55-64-58(61)52-49-46-43-40-37-21-18-15-12-9-6-3)66-60(63)54-51-48-45-42-39-36-34-31-29-27-25-23-20-17-14-11-8-5-2/h15-16,18-19,24,26-27,29,57H,4-14,17,20-23,25,28,30-56H2,1-3H3/b18-15-,19-16-,26-24-,29-27-. The number of hydrogen-bond acceptors (Lipinski definition) is 6. The SMILES string of the molecule is CCCC/C=C\CCCCCCCC(=O)OCC(COC(=O)CCCCCCCCCCC/C=C\C/C=C\CCCCC)OC(=O)CCCCCCCCC/C=C\CCCCCCCCC. The zero-order valence-corrected chi connectivity index (χ0v) is 44.0. The maximum absolute atomic E-state index is 12.8. The van der Waals surface area contributed by atoms with Crippen LogP contribution < -0.4 is 0 Å². The molecule has 0 rings (SSSR count). The predicted molar refractivity (Wildman–Crippen MR) is 284 cm³/mol. The molecule has 0 aromatic heterocycles. The minimum absolute atomic E-state index is 0.0784. The Morgan fingerprint density at radius 2 is 0.561 bits per heavy atom. The van der Waals surface area contributed by atoms with Crippen molar-refractivity contribution in [3.05, 3.63) is 48.6 Å². The topological polar surface area (TPSA) is 78.9 Å². The van der Waals surface area contributed by atoms with Gasteiger partial charge in [-0.25, -0.2) is 0 Å². The second-order valence-corrected chi connectivity index (χ2v) is 19.2. The Hall–Kier alpha value is -2.63. The highest BCUT2D eigenvalue weighted by atomic mass is 16.6. The van der Waals surface area contributed by atoms with E-state index in [0.29, 0.717) is 19.3 Å². The fraction of sp³-hybridized carbons (Fsp3) is 0.817. The molecular weight excluding hydrogens is 817 g/mol. The third-order valence-electron chi connectivity index (χ3n) is 12.5. The predicted octanol–water partition coefficient (Wildman–Crippen LogP) is 19.0. The molecule has 0 radical (unpaired) electrons. The zero-order chi connectivity index (χ0) is 47.9. The Balaban J connectivity index is 4.32. The average molecular weight is 926 g/mol.